The number of aryl methyl sites for hydroxylation is 3. The number of aromatic nitrogens is 5. The Hall–Kier alpha value is -2.71. The first-order valence-electron chi connectivity index (χ1n) is 10.5. The molecule has 1 N–H and O–H groups in total. The summed E-state index contributed by atoms with van der Waals surface area (Å²) in [5.74, 6) is -0.0397. The summed E-state index contributed by atoms with van der Waals surface area (Å²) in [5, 5.41) is 15.4. The summed E-state index contributed by atoms with van der Waals surface area (Å²) in [7, 11) is 0. The number of likely N-dealkylation sites (tertiary alicyclic amines) is 1. The molecule has 0 spiro atoms. The van der Waals surface area contributed by atoms with E-state index in [4.69, 9.17) is 0 Å². The minimum absolute atomic E-state index is 0.115. The number of carbonyl (C=O) groups excluding carboxylic acids is 2. The number of hydrogen-bond donors (Lipinski definition) is 1. The molecule has 2 aromatic heterocycles. The van der Waals surface area contributed by atoms with Crippen LogP contribution in [0.1, 0.15) is 60.4 Å². The second-order valence-electron chi connectivity index (χ2n) is 8.22. The Bertz CT molecular complexity index is 883. The summed E-state index contributed by atoms with van der Waals surface area (Å²) in [5.41, 5.74) is 2.29. The molecule has 156 valence electrons. The lowest BCUT2D eigenvalue weighted by Crippen LogP contribution is -2.45. The highest BCUT2D eigenvalue weighted by molar-refractivity contribution is 5.92. The molecule has 1 atom stereocenters. The lowest BCUT2D eigenvalue weighted by molar-refractivity contribution is -0.136. The highest BCUT2D eigenvalue weighted by Crippen LogP contribution is 2.21. The van der Waals surface area contributed by atoms with E-state index in [9.17, 15) is 9.59 Å². The molecule has 9 nitrogen and oxygen atoms in total. The fourth-order valence-corrected chi connectivity index (χ4v) is 3.96. The predicted octanol–water partition coefficient (Wildman–Crippen LogP) is 1.46. The minimum Gasteiger partial charge on any atom is -0.348 e. The fraction of sp³-hybridized carbons (Fsp3) is 0.650. The zero-order valence-corrected chi connectivity index (χ0v) is 17.2. The third-order valence-electron chi connectivity index (χ3n) is 5.71. The summed E-state index contributed by atoms with van der Waals surface area (Å²) in [6, 6.07) is 2.47. The Morgan fingerprint density at radius 3 is 2.76 bits per heavy atom. The van der Waals surface area contributed by atoms with Crippen molar-refractivity contribution >= 4 is 11.8 Å². The summed E-state index contributed by atoms with van der Waals surface area (Å²) in [6.45, 7) is 5.62. The molecule has 2 fully saturated rings. The number of amides is 2. The average molecular weight is 399 g/mol. The Balaban J connectivity index is 1.34. The van der Waals surface area contributed by atoms with E-state index in [0.29, 0.717) is 18.3 Å². The quantitative estimate of drug-likeness (QED) is 0.760. The van der Waals surface area contributed by atoms with Crippen LogP contribution < -0.4 is 5.32 Å². The molecule has 1 unspecified atom stereocenters. The van der Waals surface area contributed by atoms with E-state index in [1.54, 1.807) is 15.6 Å². The molecule has 0 aromatic carbocycles. The molecule has 1 aliphatic carbocycles. The van der Waals surface area contributed by atoms with Crippen molar-refractivity contribution in [1.29, 1.82) is 0 Å². The number of carbonyl (C=O) groups is 2. The molecule has 0 bridgehead atoms. The van der Waals surface area contributed by atoms with Crippen LogP contribution in [0.2, 0.25) is 0 Å². The average Bonchev–Trinajstić information content (AvgIpc) is 3.28. The van der Waals surface area contributed by atoms with E-state index in [-0.39, 0.29) is 24.4 Å². The Morgan fingerprint density at radius 1 is 1.21 bits per heavy atom. The summed E-state index contributed by atoms with van der Waals surface area (Å²) in [4.78, 5) is 27.0. The van der Waals surface area contributed by atoms with E-state index in [0.717, 1.165) is 56.5 Å². The van der Waals surface area contributed by atoms with Gasteiger partial charge in [-0.3, -0.25) is 19.0 Å². The normalized spacial score (nSPS) is 19.4. The zero-order valence-electron chi connectivity index (χ0n) is 17.2. The Kier molecular flexibility index (Phi) is 5.64. The van der Waals surface area contributed by atoms with Crippen LogP contribution in [0.25, 0.3) is 0 Å². The standard InChI is InChI=1S/C20H29N7O2/c1-14-11-15(2)27(23-14)13-19(28)26-9-4-3-5-17(26)8-10-25-12-18(22-24-25)20(29)21-16-6-7-16/h11-12,16-17H,3-10,13H2,1-2H3,(H,21,29). The van der Waals surface area contributed by atoms with Crippen LogP contribution in [-0.2, 0) is 17.9 Å². The second-order valence-corrected chi connectivity index (χ2v) is 8.22. The smallest absolute Gasteiger partial charge is 0.273 e. The van der Waals surface area contributed by atoms with Crippen molar-refractivity contribution in [3.05, 3.63) is 29.3 Å². The Morgan fingerprint density at radius 2 is 2.03 bits per heavy atom. The molecular formula is C20H29N7O2. The summed E-state index contributed by atoms with van der Waals surface area (Å²) in [6.07, 6.45) is 7.74. The maximum atomic E-state index is 12.9. The van der Waals surface area contributed by atoms with Gasteiger partial charge in [-0.25, -0.2) is 0 Å². The molecule has 0 radical (unpaired) electrons. The van der Waals surface area contributed by atoms with Crippen molar-refractivity contribution in [2.45, 2.75) is 77.5 Å². The van der Waals surface area contributed by atoms with Gasteiger partial charge in [-0.05, 0) is 58.4 Å². The topological polar surface area (TPSA) is 97.9 Å². The predicted molar refractivity (Wildman–Crippen MR) is 106 cm³/mol. The SMILES string of the molecule is Cc1cc(C)n(CC(=O)N2CCCCC2CCn2cc(C(=O)NC3CC3)nn2)n1. The zero-order chi connectivity index (χ0) is 20.4. The van der Waals surface area contributed by atoms with Crippen LogP contribution in [0.5, 0.6) is 0 Å². The van der Waals surface area contributed by atoms with Gasteiger partial charge in [0.05, 0.1) is 11.9 Å². The summed E-state index contributed by atoms with van der Waals surface area (Å²) < 4.78 is 3.49. The van der Waals surface area contributed by atoms with Crippen LogP contribution in [0.4, 0.5) is 0 Å². The molecule has 4 rings (SSSR count). The van der Waals surface area contributed by atoms with Crippen molar-refractivity contribution in [2.24, 2.45) is 0 Å². The van der Waals surface area contributed by atoms with Gasteiger partial charge in [-0.15, -0.1) is 5.10 Å². The lowest BCUT2D eigenvalue weighted by atomic mass is 9.99. The fourth-order valence-electron chi connectivity index (χ4n) is 3.96. The molecule has 2 aliphatic rings. The molecule has 2 amide bonds. The molecule has 1 saturated carbocycles. The molecular weight excluding hydrogens is 370 g/mol. The minimum atomic E-state index is -0.155. The van der Waals surface area contributed by atoms with Crippen molar-refractivity contribution < 1.29 is 9.59 Å². The van der Waals surface area contributed by atoms with Gasteiger partial charge in [0.2, 0.25) is 5.91 Å². The number of nitrogens with one attached hydrogen (secondary N) is 1. The number of piperidine rings is 1. The first kappa shape index (κ1) is 19.6. The molecule has 1 saturated heterocycles. The van der Waals surface area contributed by atoms with Crippen molar-refractivity contribution in [2.75, 3.05) is 6.54 Å². The van der Waals surface area contributed by atoms with Crippen molar-refractivity contribution in [3.8, 4) is 0 Å². The maximum absolute atomic E-state index is 12.9. The number of hydrogen-bond acceptors (Lipinski definition) is 5. The lowest BCUT2D eigenvalue weighted by Gasteiger charge is -2.36. The van der Waals surface area contributed by atoms with Gasteiger partial charge < -0.3 is 10.2 Å². The number of rotatable bonds is 7. The monoisotopic (exact) mass is 399 g/mol. The van der Waals surface area contributed by atoms with Crippen molar-refractivity contribution in [3.63, 3.8) is 0 Å². The second kappa shape index (κ2) is 8.34. The molecule has 2 aromatic rings. The third kappa shape index (κ3) is 4.83. The van der Waals surface area contributed by atoms with Crippen LogP contribution in [0.3, 0.4) is 0 Å². The first-order chi connectivity index (χ1) is 14.0. The molecule has 29 heavy (non-hydrogen) atoms. The van der Waals surface area contributed by atoms with Crippen LogP contribution in [0.15, 0.2) is 12.3 Å². The van der Waals surface area contributed by atoms with Crippen LogP contribution in [0, 0.1) is 13.8 Å². The van der Waals surface area contributed by atoms with E-state index >= 15 is 0 Å². The van der Waals surface area contributed by atoms with Crippen molar-refractivity contribution in [1.82, 2.24) is 35.0 Å². The first-order valence-corrected chi connectivity index (χ1v) is 10.5. The van der Waals surface area contributed by atoms with Gasteiger partial charge in [0.25, 0.3) is 5.91 Å². The largest absolute Gasteiger partial charge is 0.348 e. The van der Waals surface area contributed by atoms with Gasteiger partial charge in [-0.1, -0.05) is 5.21 Å². The van der Waals surface area contributed by atoms with E-state index in [1.165, 1.54) is 0 Å². The highest BCUT2D eigenvalue weighted by atomic mass is 16.2. The van der Waals surface area contributed by atoms with Gasteiger partial charge in [0.1, 0.15) is 6.54 Å². The number of nitrogens with zero attached hydrogens (tertiary/aromatic N) is 6. The highest BCUT2D eigenvalue weighted by Gasteiger charge is 2.28. The molecule has 9 heteroatoms. The maximum Gasteiger partial charge on any atom is 0.273 e. The van der Waals surface area contributed by atoms with E-state index < -0.39 is 0 Å². The van der Waals surface area contributed by atoms with Gasteiger partial charge in [-0.2, -0.15) is 5.10 Å². The van der Waals surface area contributed by atoms with E-state index in [1.807, 2.05) is 24.8 Å². The third-order valence-corrected chi connectivity index (χ3v) is 5.71. The molecule has 1 aliphatic heterocycles. The summed E-state index contributed by atoms with van der Waals surface area (Å²) >= 11 is 0. The molecule has 3 heterocycles. The van der Waals surface area contributed by atoms with Crippen LogP contribution >= 0.6 is 0 Å². The van der Waals surface area contributed by atoms with Gasteiger partial charge in [0, 0.05) is 30.9 Å². The van der Waals surface area contributed by atoms with Crippen LogP contribution in [-0.4, -0.2) is 60.1 Å². The van der Waals surface area contributed by atoms with E-state index in [2.05, 4.69) is 20.7 Å². The van der Waals surface area contributed by atoms with Gasteiger partial charge >= 0.3 is 0 Å². The Labute approximate surface area is 170 Å². The van der Waals surface area contributed by atoms with Gasteiger partial charge in [0.15, 0.2) is 5.69 Å².